The number of benzene rings is 2. The number of aliphatic hydroxyl groups is 1. The fraction of sp³-hybridized carbons (Fsp3) is 0.429. The maximum absolute atomic E-state index is 17.5. The summed E-state index contributed by atoms with van der Waals surface area (Å²) in [4.78, 5) is 39.5. The SMILES string of the molecule is C[C@]12C=CC(=O)C=C1CC[C@H]1[C@@H]3CC[C@](OC(=O)c4ccc(Oc5ccc(C#N)c(O)c5)cc4)(C(=O)SCF)[C@@]3(C)C[C@H](O)[C@@]12F. The van der Waals surface area contributed by atoms with Crippen LogP contribution >= 0.6 is 11.8 Å². The lowest BCUT2D eigenvalue weighted by Gasteiger charge is -2.62. The normalized spacial score (nSPS) is 34.4. The molecule has 46 heavy (non-hydrogen) atoms. The highest BCUT2D eigenvalue weighted by Crippen LogP contribution is 2.70. The molecule has 0 radical (unpaired) electrons. The summed E-state index contributed by atoms with van der Waals surface area (Å²) >= 11 is 0.397. The minimum Gasteiger partial charge on any atom is -0.506 e. The van der Waals surface area contributed by atoms with Crippen molar-refractivity contribution in [1.82, 2.24) is 0 Å². The van der Waals surface area contributed by atoms with Crippen LogP contribution in [0.15, 0.2) is 66.3 Å². The number of hydrogen-bond donors (Lipinski definition) is 2. The van der Waals surface area contributed by atoms with E-state index in [9.17, 15) is 29.0 Å². The van der Waals surface area contributed by atoms with Crippen LogP contribution in [0.3, 0.4) is 0 Å². The number of phenolic OH excluding ortho intramolecular Hbond substituents is 1. The van der Waals surface area contributed by atoms with Gasteiger partial charge in [0.1, 0.15) is 29.3 Å². The van der Waals surface area contributed by atoms with Gasteiger partial charge in [0, 0.05) is 22.8 Å². The van der Waals surface area contributed by atoms with Crippen molar-refractivity contribution in [2.24, 2.45) is 22.7 Å². The molecule has 11 heteroatoms. The van der Waals surface area contributed by atoms with Crippen LogP contribution in [0.4, 0.5) is 8.78 Å². The number of hydrogen-bond acceptors (Lipinski definition) is 9. The lowest BCUT2D eigenvalue weighted by Crippen LogP contribution is -2.69. The van der Waals surface area contributed by atoms with Crippen LogP contribution < -0.4 is 4.74 Å². The Morgan fingerprint density at radius 2 is 1.83 bits per heavy atom. The molecule has 0 aliphatic heterocycles. The number of allylic oxidation sites excluding steroid dienone is 4. The van der Waals surface area contributed by atoms with Gasteiger partial charge in [0.05, 0.1) is 17.2 Å². The van der Waals surface area contributed by atoms with Gasteiger partial charge in [-0.1, -0.05) is 18.6 Å². The van der Waals surface area contributed by atoms with Crippen molar-refractivity contribution in [2.75, 3.05) is 6.01 Å². The average Bonchev–Trinajstić information content (AvgIpc) is 3.30. The number of thioether (sulfide) groups is 1. The molecule has 3 fully saturated rings. The van der Waals surface area contributed by atoms with Crippen LogP contribution in [0.2, 0.25) is 0 Å². The van der Waals surface area contributed by atoms with E-state index in [0.29, 0.717) is 42.3 Å². The summed E-state index contributed by atoms with van der Waals surface area (Å²) in [6, 6.07) is 10.9. The Kier molecular flexibility index (Phi) is 7.88. The second-order valence-electron chi connectivity index (χ2n) is 13.0. The third kappa shape index (κ3) is 4.60. The molecule has 0 bridgehead atoms. The van der Waals surface area contributed by atoms with Gasteiger partial charge in [-0.25, -0.2) is 13.6 Å². The van der Waals surface area contributed by atoms with Gasteiger partial charge in [0.25, 0.3) is 0 Å². The summed E-state index contributed by atoms with van der Waals surface area (Å²) < 4.78 is 43.0. The van der Waals surface area contributed by atoms with Crippen LogP contribution in [-0.4, -0.2) is 50.5 Å². The van der Waals surface area contributed by atoms with E-state index in [1.807, 2.05) is 6.07 Å². The minimum absolute atomic E-state index is 0.0438. The number of aromatic hydroxyl groups is 1. The highest BCUT2D eigenvalue weighted by Gasteiger charge is 2.75. The first-order chi connectivity index (χ1) is 21.8. The van der Waals surface area contributed by atoms with E-state index in [1.165, 1.54) is 54.6 Å². The Hall–Kier alpha value is -4.01. The van der Waals surface area contributed by atoms with Crippen molar-refractivity contribution in [1.29, 1.82) is 5.26 Å². The van der Waals surface area contributed by atoms with E-state index in [4.69, 9.17) is 14.7 Å². The molecule has 0 saturated heterocycles. The summed E-state index contributed by atoms with van der Waals surface area (Å²) in [5, 5.41) is 29.9. The van der Waals surface area contributed by atoms with Gasteiger partial charge in [-0.2, -0.15) is 5.26 Å². The van der Waals surface area contributed by atoms with Crippen molar-refractivity contribution in [3.63, 3.8) is 0 Å². The molecule has 7 atom stereocenters. The number of fused-ring (bicyclic) bond motifs is 5. The topological polar surface area (TPSA) is 134 Å². The molecule has 0 aromatic heterocycles. The molecule has 4 aliphatic carbocycles. The van der Waals surface area contributed by atoms with Gasteiger partial charge in [-0.3, -0.25) is 9.59 Å². The Morgan fingerprint density at radius 1 is 1.11 bits per heavy atom. The summed E-state index contributed by atoms with van der Waals surface area (Å²) in [6.45, 7) is 3.43. The monoisotopic (exact) mass is 649 g/mol. The number of alkyl halides is 2. The number of aliphatic hydroxyl groups excluding tert-OH is 1. The molecule has 4 aliphatic rings. The van der Waals surface area contributed by atoms with Gasteiger partial charge in [-0.15, -0.1) is 0 Å². The van der Waals surface area contributed by atoms with Crippen molar-refractivity contribution in [2.45, 2.75) is 63.3 Å². The maximum Gasteiger partial charge on any atom is 0.339 e. The van der Waals surface area contributed by atoms with Gasteiger partial charge < -0.3 is 19.7 Å². The quantitative estimate of drug-likeness (QED) is 0.336. The highest BCUT2D eigenvalue weighted by atomic mass is 32.2. The van der Waals surface area contributed by atoms with Gasteiger partial charge in [0.2, 0.25) is 5.12 Å². The fourth-order valence-corrected chi connectivity index (χ4v) is 9.30. The van der Waals surface area contributed by atoms with Crippen LogP contribution in [0.5, 0.6) is 17.2 Å². The molecule has 6 rings (SSSR count). The summed E-state index contributed by atoms with van der Waals surface area (Å²) in [5.41, 5.74) is -5.56. The number of ketones is 1. The molecule has 0 heterocycles. The maximum atomic E-state index is 17.5. The second kappa shape index (κ2) is 11.4. The molecule has 2 aromatic carbocycles. The first-order valence-corrected chi connectivity index (χ1v) is 16.1. The highest BCUT2D eigenvalue weighted by molar-refractivity contribution is 8.13. The van der Waals surface area contributed by atoms with E-state index in [2.05, 4.69) is 0 Å². The molecule has 0 unspecified atom stereocenters. The van der Waals surface area contributed by atoms with E-state index in [1.54, 1.807) is 19.9 Å². The lowest BCUT2D eigenvalue weighted by atomic mass is 9.45. The second-order valence-corrected chi connectivity index (χ2v) is 13.9. The number of carbonyl (C=O) groups excluding carboxylic acids is 3. The third-order valence-corrected chi connectivity index (χ3v) is 11.7. The summed E-state index contributed by atoms with van der Waals surface area (Å²) in [5.74, 6) is -1.90. The molecule has 3 saturated carbocycles. The minimum atomic E-state index is -2.13. The average molecular weight is 650 g/mol. The van der Waals surface area contributed by atoms with Crippen molar-refractivity contribution in [3.8, 4) is 23.3 Å². The number of ether oxygens (including phenoxy) is 2. The standard InChI is InChI=1S/C35H33F2NO7S/c1-32-13-11-23(39)15-22(32)6-10-27-26-12-14-34(31(43)46-19-36,33(26,2)17-29(41)35(27,32)37)45-30(42)20-3-7-24(8-4-20)44-25-9-5-21(18-38)28(40)16-25/h3-5,7-9,11,13,15-16,26-27,29,40-41H,6,10,12,14,17,19H2,1-2H3/t26-,27-,29-,32-,33-,34-,35-/m0/s1. The summed E-state index contributed by atoms with van der Waals surface area (Å²) in [7, 11) is 0. The van der Waals surface area contributed by atoms with Gasteiger partial charge in [0.15, 0.2) is 17.1 Å². The summed E-state index contributed by atoms with van der Waals surface area (Å²) in [6.07, 6.45) is 3.73. The first kappa shape index (κ1) is 32.0. The predicted octanol–water partition coefficient (Wildman–Crippen LogP) is 6.51. The molecular formula is C35H33F2NO7S. The van der Waals surface area contributed by atoms with Gasteiger partial charge >= 0.3 is 5.97 Å². The van der Waals surface area contributed by atoms with Crippen LogP contribution in [-0.2, 0) is 14.3 Å². The Morgan fingerprint density at radius 3 is 2.50 bits per heavy atom. The number of carbonyl (C=O) groups is 3. The number of esters is 1. The fourth-order valence-electron chi connectivity index (χ4n) is 8.59. The van der Waals surface area contributed by atoms with Crippen LogP contribution in [0, 0.1) is 34.0 Å². The first-order valence-electron chi connectivity index (χ1n) is 15.1. The van der Waals surface area contributed by atoms with Crippen molar-refractivity contribution in [3.05, 3.63) is 77.4 Å². The number of nitrogens with zero attached hydrogens (tertiary/aromatic N) is 1. The molecular weight excluding hydrogens is 616 g/mol. The molecule has 240 valence electrons. The van der Waals surface area contributed by atoms with Crippen LogP contribution in [0.1, 0.15) is 61.9 Å². The zero-order valence-electron chi connectivity index (χ0n) is 25.3. The van der Waals surface area contributed by atoms with Crippen LogP contribution in [0.25, 0.3) is 0 Å². The zero-order valence-corrected chi connectivity index (χ0v) is 26.1. The molecule has 0 amide bonds. The Labute approximate surface area is 269 Å². The molecule has 0 spiro atoms. The van der Waals surface area contributed by atoms with E-state index in [-0.39, 0.29) is 41.3 Å². The molecule has 2 aromatic rings. The van der Waals surface area contributed by atoms with E-state index < -0.39 is 57.1 Å². The number of phenols is 1. The number of rotatable bonds is 6. The lowest BCUT2D eigenvalue weighted by molar-refractivity contribution is -0.214. The van der Waals surface area contributed by atoms with Crippen molar-refractivity contribution < 1.29 is 42.9 Å². The number of halogens is 2. The Balaban J connectivity index is 1.29. The van der Waals surface area contributed by atoms with E-state index in [0.717, 1.165) is 0 Å². The molecule has 2 N–H and O–H groups in total. The van der Waals surface area contributed by atoms with Gasteiger partial charge in [-0.05, 0) is 105 Å². The largest absolute Gasteiger partial charge is 0.506 e. The number of nitriles is 1. The third-order valence-electron chi connectivity index (χ3n) is 11.0. The molecule has 8 nitrogen and oxygen atoms in total. The van der Waals surface area contributed by atoms with E-state index >= 15 is 4.39 Å². The smallest absolute Gasteiger partial charge is 0.339 e. The predicted molar refractivity (Wildman–Crippen MR) is 164 cm³/mol. The zero-order chi connectivity index (χ0) is 33.1. The Bertz CT molecular complexity index is 1720. The van der Waals surface area contributed by atoms with Crippen molar-refractivity contribution >= 4 is 28.6 Å².